The molecule has 7 nitrogen and oxygen atoms in total. The van der Waals surface area contributed by atoms with Gasteiger partial charge in [-0.25, -0.2) is 0 Å². The van der Waals surface area contributed by atoms with E-state index in [1.807, 2.05) is 0 Å². The smallest absolute Gasteiger partial charge is 0.264 e. The van der Waals surface area contributed by atoms with Crippen LogP contribution in [0.15, 0.2) is 24.3 Å². The van der Waals surface area contributed by atoms with Gasteiger partial charge in [-0.1, -0.05) is 18.2 Å². The predicted molar refractivity (Wildman–Crippen MR) is 73.1 cm³/mol. The van der Waals surface area contributed by atoms with E-state index in [0.29, 0.717) is 13.2 Å². The fourth-order valence-corrected chi connectivity index (χ4v) is 2.28. The second kappa shape index (κ2) is 6.64. The van der Waals surface area contributed by atoms with E-state index in [9.17, 15) is 14.4 Å². The zero-order chi connectivity index (χ0) is 15.3. The van der Waals surface area contributed by atoms with Crippen LogP contribution in [0.2, 0.25) is 0 Å². The van der Waals surface area contributed by atoms with Crippen molar-refractivity contribution in [2.45, 2.75) is 12.5 Å². The summed E-state index contributed by atoms with van der Waals surface area (Å²) in [5, 5.41) is 4.88. The first-order chi connectivity index (χ1) is 10.1. The number of allylic oxidation sites excluding steroid dienone is 2. The molecule has 0 aromatic heterocycles. The molecule has 0 bridgehead atoms. The molecule has 2 unspecified atom stereocenters. The molecule has 3 amide bonds. The lowest BCUT2D eigenvalue weighted by molar-refractivity contribution is -0.140. The fourth-order valence-electron chi connectivity index (χ4n) is 2.28. The molecule has 1 fully saturated rings. The summed E-state index contributed by atoms with van der Waals surface area (Å²) < 4.78 is 10.9. The van der Waals surface area contributed by atoms with Crippen molar-refractivity contribution < 1.29 is 23.9 Å². The van der Waals surface area contributed by atoms with Crippen molar-refractivity contribution >= 4 is 17.7 Å². The van der Waals surface area contributed by atoms with Crippen LogP contribution in [0.5, 0.6) is 0 Å². The number of ether oxygens (including phenoxy) is 2. The highest BCUT2D eigenvalue weighted by Gasteiger charge is 2.54. The number of amides is 3. The zero-order valence-corrected chi connectivity index (χ0v) is 11.8. The van der Waals surface area contributed by atoms with Gasteiger partial charge in [-0.3, -0.25) is 19.7 Å². The van der Waals surface area contributed by atoms with Crippen LogP contribution in [0.1, 0.15) is 6.92 Å². The fraction of sp³-hybridized carbons (Fsp3) is 0.500. The molecule has 2 aliphatic rings. The highest BCUT2D eigenvalue weighted by Crippen LogP contribution is 2.33. The number of nitrogens with one attached hydrogen (secondary N) is 2. The molecule has 114 valence electrons. The van der Waals surface area contributed by atoms with Gasteiger partial charge in [-0.15, -0.1) is 0 Å². The van der Waals surface area contributed by atoms with Gasteiger partial charge >= 0.3 is 0 Å². The van der Waals surface area contributed by atoms with E-state index >= 15 is 0 Å². The van der Waals surface area contributed by atoms with Crippen LogP contribution in [-0.2, 0) is 23.9 Å². The van der Waals surface area contributed by atoms with Gasteiger partial charge in [0.2, 0.25) is 11.8 Å². The number of imide groups is 1. The summed E-state index contributed by atoms with van der Waals surface area (Å²) in [6.45, 7) is 2.66. The van der Waals surface area contributed by atoms with Crippen molar-refractivity contribution in [2.24, 2.45) is 5.92 Å². The van der Waals surface area contributed by atoms with E-state index in [-0.39, 0.29) is 25.0 Å². The number of carbonyl (C=O) groups excluding carboxylic acids is 3. The largest absolute Gasteiger partial charge is 0.377 e. The normalized spacial score (nSPS) is 26.6. The van der Waals surface area contributed by atoms with Crippen LogP contribution >= 0.6 is 0 Å². The molecule has 1 aliphatic carbocycles. The lowest BCUT2D eigenvalue weighted by Gasteiger charge is -2.28. The van der Waals surface area contributed by atoms with Crippen LogP contribution in [0.4, 0.5) is 0 Å². The average Bonchev–Trinajstić information content (AvgIpc) is 2.70. The molecule has 21 heavy (non-hydrogen) atoms. The molecule has 0 saturated carbocycles. The highest BCUT2D eigenvalue weighted by molar-refractivity contribution is 6.11. The van der Waals surface area contributed by atoms with E-state index in [1.54, 1.807) is 24.3 Å². The first-order valence-electron chi connectivity index (χ1n) is 6.74. The van der Waals surface area contributed by atoms with Gasteiger partial charge in [0.05, 0.1) is 25.7 Å². The van der Waals surface area contributed by atoms with Crippen molar-refractivity contribution in [1.29, 1.82) is 0 Å². The Kier molecular flexibility index (Phi) is 4.87. The van der Waals surface area contributed by atoms with Crippen LogP contribution in [-0.4, -0.2) is 49.7 Å². The van der Waals surface area contributed by atoms with Crippen LogP contribution < -0.4 is 10.6 Å². The Bertz CT molecular complexity index is 500. The van der Waals surface area contributed by atoms with Gasteiger partial charge in [-0.05, 0) is 6.08 Å². The van der Waals surface area contributed by atoms with Crippen molar-refractivity contribution in [3.63, 3.8) is 0 Å². The number of rotatable bonds is 7. The van der Waals surface area contributed by atoms with Crippen molar-refractivity contribution in [3.8, 4) is 0 Å². The topological polar surface area (TPSA) is 93.7 Å². The summed E-state index contributed by atoms with van der Waals surface area (Å²) in [6.07, 6.45) is 6.65. The van der Waals surface area contributed by atoms with Crippen molar-refractivity contribution in [3.05, 3.63) is 24.3 Å². The molecule has 0 spiro atoms. The maximum atomic E-state index is 12.0. The monoisotopic (exact) mass is 294 g/mol. The molecule has 1 heterocycles. The van der Waals surface area contributed by atoms with E-state index in [2.05, 4.69) is 10.6 Å². The molecule has 0 aromatic rings. The van der Waals surface area contributed by atoms with E-state index in [4.69, 9.17) is 9.47 Å². The van der Waals surface area contributed by atoms with Crippen LogP contribution in [0, 0.1) is 5.92 Å². The number of carbonyl (C=O) groups is 3. The van der Waals surface area contributed by atoms with E-state index < -0.39 is 17.4 Å². The molecule has 2 rings (SSSR count). The Morgan fingerprint density at radius 1 is 1.33 bits per heavy atom. The molecule has 1 aliphatic heterocycles. The van der Waals surface area contributed by atoms with Gasteiger partial charge in [0.15, 0.2) is 5.60 Å². The summed E-state index contributed by atoms with van der Waals surface area (Å²) in [5.74, 6) is -1.55. The third-order valence-electron chi connectivity index (χ3n) is 3.28. The maximum Gasteiger partial charge on any atom is 0.264 e. The summed E-state index contributed by atoms with van der Waals surface area (Å²) in [4.78, 5) is 34.3. The average molecular weight is 294 g/mol. The molecular weight excluding hydrogens is 276 g/mol. The van der Waals surface area contributed by atoms with E-state index in [1.165, 1.54) is 6.92 Å². The first kappa shape index (κ1) is 15.4. The third-order valence-corrected chi connectivity index (χ3v) is 3.28. The standard InChI is InChI=1S/C14H18N2O5/c1-10(17)15-6-7-20-8-9-21-14-5-3-2-4-11(14)12(18)16-13(14)19/h2-5,11H,6-9H2,1H3,(H,15,17)(H,16,18,19). The summed E-state index contributed by atoms with van der Waals surface area (Å²) in [7, 11) is 0. The quantitative estimate of drug-likeness (QED) is 0.478. The maximum absolute atomic E-state index is 12.0. The van der Waals surface area contributed by atoms with Crippen LogP contribution in [0.25, 0.3) is 0 Å². The Hall–Kier alpha value is -1.99. The third kappa shape index (κ3) is 3.37. The number of fused-ring (bicyclic) bond motifs is 1. The van der Waals surface area contributed by atoms with Gasteiger partial charge in [-0.2, -0.15) is 0 Å². The van der Waals surface area contributed by atoms with Gasteiger partial charge < -0.3 is 14.8 Å². The van der Waals surface area contributed by atoms with Crippen LogP contribution in [0.3, 0.4) is 0 Å². The van der Waals surface area contributed by atoms with Gasteiger partial charge in [0.1, 0.15) is 0 Å². The van der Waals surface area contributed by atoms with Gasteiger partial charge in [0, 0.05) is 13.5 Å². The minimum atomic E-state index is -1.26. The van der Waals surface area contributed by atoms with Gasteiger partial charge in [0.25, 0.3) is 5.91 Å². The lowest BCUT2D eigenvalue weighted by Crippen LogP contribution is -2.44. The Morgan fingerprint density at radius 2 is 2.14 bits per heavy atom. The van der Waals surface area contributed by atoms with Crippen molar-refractivity contribution in [1.82, 2.24) is 10.6 Å². The SMILES string of the molecule is CC(=O)NCCOCCOC12C=CC=CC1C(=O)NC2=O. The van der Waals surface area contributed by atoms with E-state index in [0.717, 1.165) is 0 Å². The molecule has 0 aromatic carbocycles. The summed E-state index contributed by atoms with van der Waals surface area (Å²) in [5.41, 5.74) is -1.26. The molecule has 2 atom stereocenters. The second-order valence-corrected chi connectivity index (χ2v) is 4.78. The minimum Gasteiger partial charge on any atom is -0.377 e. The highest BCUT2D eigenvalue weighted by atomic mass is 16.5. The molecule has 1 saturated heterocycles. The van der Waals surface area contributed by atoms with Crippen molar-refractivity contribution in [2.75, 3.05) is 26.4 Å². The molecule has 2 N–H and O–H groups in total. The Balaban J connectivity index is 1.78. The summed E-state index contributed by atoms with van der Waals surface area (Å²) in [6, 6.07) is 0. The molecule has 7 heteroatoms. The number of hydrogen-bond acceptors (Lipinski definition) is 5. The molecular formula is C14H18N2O5. The Morgan fingerprint density at radius 3 is 2.90 bits per heavy atom. The second-order valence-electron chi connectivity index (χ2n) is 4.78. The number of hydrogen-bond donors (Lipinski definition) is 2. The molecule has 0 radical (unpaired) electrons. The Labute approximate surface area is 122 Å². The first-order valence-corrected chi connectivity index (χ1v) is 6.74. The predicted octanol–water partition coefficient (Wildman–Crippen LogP) is -0.707. The lowest BCUT2D eigenvalue weighted by atomic mass is 9.86. The summed E-state index contributed by atoms with van der Waals surface area (Å²) >= 11 is 0. The minimum absolute atomic E-state index is 0.114. The zero-order valence-electron chi connectivity index (χ0n) is 11.8.